The summed E-state index contributed by atoms with van der Waals surface area (Å²) in [6.45, 7) is 1.23. The van der Waals surface area contributed by atoms with Crippen molar-refractivity contribution in [3.63, 3.8) is 0 Å². The lowest BCUT2D eigenvalue weighted by Crippen LogP contribution is -2.15. The highest BCUT2D eigenvalue weighted by molar-refractivity contribution is 6.07. The summed E-state index contributed by atoms with van der Waals surface area (Å²) in [5.74, 6) is 1.42. The van der Waals surface area contributed by atoms with E-state index in [0.717, 1.165) is 11.1 Å². The maximum absolute atomic E-state index is 12.6. The van der Waals surface area contributed by atoms with Crippen LogP contribution in [0.5, 0.6) is 17.2 Å². The number of hydrogen-bond acceptors (Lipinski definition) is 7. The number of carbonyl (C=O) groups is 1. The highest BCUT2D eigenvalue weighted by Gasteiger charge is 2.15. The number of nitro groups is 1. The van der Waals surface area contributed by atoms with Crippen LogP contribution in [0.1, 0.15) is 21.5 Å². The number of carbonyl (C=O) groups excluding carboxylic acids is 1. The van der Waals surface area contributed by atoms with E-state index >= 15 is 0 Å². The molecule has 2 heterocycles. The second-order valence-corrected chi connectivity index (χ2v) is 6.76. The van der Waals surface area contributed by atoms with Crippen molar-refractivity contribution in [2.45, 2.75) is 6.54 Å². The molecule has 0 saturated heterocycles. The zero-order chi connectivity index (χ0) is 21.8. The molecule has 1 aromatic heterocycles. The molecule has 0 atom stereocenters. The second kappa shape index (κ2) is 8.70. The fourth-order valence-electron chi connectivity index (χ4n) is 3.20. The SMILES string of the molecule is COc1ccc(/C=C/C(=O)c2ccc3c(c2)OCCO3)cc1Cn1ccc([N+](=O)[O-])n1. The minimum absolute atomic E-state index is 0.169. The van der Waals surface area contributed by atoms with Gasteiger partial charge in [0.2, 0.25) is 0 Å². The van der Waals surface area contributed by atoms with Gasteiger partial charge in [0, 0.05) is 11.1 Å². The molecule has 0 unspecified atom stereocenters. The van der Waals surface area contributed by atoms with Gasteiger partial charge in [-0.25, -0.2) is 0 Å². The third kappa shape index (κ3) is 4.55. The van der Waals surface area contributed by atoms with Crippen LogP contribution in [0.25, 0.3) is 6.08 Å². The molecule has 0 spiro atoms. The van der Waals surface area contributed by atoms with Gasteiger partial charge in [-0.05, 0) is 46.9 Å². The van der Waals surface area contributed by atoms with Crippen molar-refractivity contribution in [2.75, 3.05) is 20.3 Å². The largest absolute Gasteiger partial charge is 0.496 e. The molecule has 4 rings (SSSR count). The van der Waals surface area contributed by atoms with Crippen LogP contribution in [0, 0.1) is 10.1 Å². The Bertz CT molecular complexity index is 1170. The van der Waals surface area contributed by atoms with E-state index in [1.807, 2.05) is 12.1 Å². The molecule has 31 heavy (non-hydrogen) atoms. The lowest BCUT2D eigenvalue weighted by molar-refractivity contribution is -0.389. The quantitative estimate of drug-likeness (QED) is 0.249. The van der Waals surface area contributed by atoms with Crippen molar-refractivity contribution in [2.24, 2.45) is 0 Å². The minimum atomic E-state index is -0.545. The van der Waals surface area contributed by atoms with Crippen molar-refractivity contribution in [3.05, 3.63) is 81.5 Å². The first kappa shape index (κ1) is 20.1. The fraction of sp³-hybridized carbons (Fsp3) is 0.182. The number of fused-ring (bicyclic) bond motifs is 1. The highest BCUT2D eigenvalue weighted by Crippen LogP contribution is 2.31. The molecule has 158 valence electrons. The lowest BCUT2D eigenvalue weighted by atomic mass is 10.1. The number of aromatic nitrogens is 2. The number of hydrogen-bond donors (Lipinski definition) is 0. The Labute approximate surface area is 177 Å². The van der Waals surface area contributed by atoms with Crippen LogP contribution < -0.4 is 14.2 Å². The van der Waals surface area contributed by atoms with Crippen LogP contribution in [0.3, 0.4) is 0 Å². The highest BCUT2D eigenvalue weighted by atomic mass is 16.6. The first-order chi connectivity index (χ1) is 15.0. The molecule has 9 heteroatoms. The Morgan fingerprint density at radius 2 is 2.00 bits per heavy atom. The average molecular weight is 421 g/mol. The van der Waals surface area contributed by atoms with Gasteiger partial charge in [-0.3, -0.25) is 4.79 Å². The number of ether oxygens (including phenoxy) is 3. The van der Waals surface area contributed by atoms with Gasteiger partial charge in [0.05, 0.1) is 31.0 Å². The van der Waals surface area contributed by atoms with Crippen LogP contribution in [0.2, 0.25) is 0 Å². The minimum Gasteiger partial charge on any atom is -0.496 e. The van der Waals surface area contributed by atoms with Gasteiger partial charge in [-0.2, -0.15) is 4.68 Å². The number of rotatable bonds is 7. The first-order valence-corrected chi connectivity index (χ1v) is 9.50. The number of benzene rings is 2. The second-order valence-electron chi connectivity index (χ2n) is 6.76. The van der Waals surface area contributed by atoms with Crippen molar-refractivity contribution in [1.82, 2.24) is 9.78 Å². The Morgan fingerprint density at radius 1 is 1.19 bits per heavy atom. The van der Waals surface area contributed by atoms with E-state index in [9.17, 15) is 14.9 Å². The van der Waals surface area contributed by atoms with E-state index in [1.54, 1.807) is 37.5 Å². The molecule has 3 aromatic rings. The van der Waals surface area contributed by atoms with E-state index in [1.165, 1.54) is 23.0 Å². The van der Waals surface area contributed by atoms with Crippen LogP contribution in [0.15, 0.2) is 54.7 Å². The molecule has 0 saturated carbocycles. The Kier molecular flexibility index (Phi) is 5.65. The molecular weight excluding hydrogens is 402 g/mol. The maximum atomic E-state index is 12.6. The van der Waals surface area contributed by atoms with Gasteiger partial charge in [0.1, 0.15) is 19.0 Å². The predicted octanol–water partition coefficient (Wildman–Crippen LogP) is 3.52. The van der Waals surface area contributed by atoms with E-state index in [-0.39, 0.29) is 18.1 Å². The lowest BCUT2D eigenvalue weighted by Gasteiger charge is -2.18. The van der Waals surface area contributed by atoms with E-state index in [4.69, 9.17) is 14.2 Å². The summed E-state index contributed by atoms with van der Waals surface area (Å²) in [6, 6.07) is 11.9. The summed E-state index contributed by atoms with van der Waals surface area (Å²) in [5, 5.41) is 14.8. The van der Waals surface area contributed by atoms with Gasteiger partial charge in [-0.1, -0.05) is 12.1 Å². The molecular formula is C22H19N3O6. The van der Waals surface area contributed by atoms with Gasteiger partial charge in [0.25, 0.3) is 0 Å². The molecule has 1 aliphatic heterocycles. The summed E-state index contributed by atoms with van der Waals surface area (Å²) >= 11 is 0. The van der Waals surface area contributed by atoms with Gasteiger partial charge < -0.3 is 24.3 Å². The van der Waals surface area contributed by atoms with Gasteiger partial charge >= 0.3 is 5.82 Å². The fourth-order valence-corrected chi connectivity index (χ4v) is 3.20. The first-order valence-electron chi connectivity index (χ1n) is 9.50. The average Bonchev–Trinajstić information content (AvgIpc) is 3.26. The molecule has 2 aromatic carbocycles. The summed E-state index contributed by atoms with van der Waals surface area (Å²) in [5.41, 5.74) is 2.05. The number of nitrogens with zero attached hydrogens (tertiary/aromatic N) is 3. The summed E-state index contributed by atoms with van der Waals surface area (Å²) in [7, 11) is 1.55. The topological polar surface area (TPSA) is 106 Å². The van der Waals surface area contributed by atoms with Crippen LogP contribution in [-0.4, -0.2) is 40.8 Å². The molecule has 0 fully saturated rings. The number of methoxy groups -OCH3 is 1. The summed E-state index contributed by atoms with van der Waals surface area (Å²) in [6.07, 6.45) is 4.72. The van der Waals surface area contributed by atoms with Crippen LogP contribution >= 0.6 is 0 Å². The zero-order valence-corrected chi connectivity index (χ0v) is 16.7. The Hall–Kier alpha value is -4.14. The van der Waals surface area contributed by atoms with E-state index in [0.29, 0.717) is 36.0 Å². The molecule has 1 aliphatic rings. The number of allylic oxidation sites excluding steroid dienone is 1. The smallest absolute Gasteiger partial charge is 0.389 e. The van der Waals surface area contributed by atoms with Crippen molar-refractivity contribution in [3.8, 4) is 17.2 Å². The van der Waals surface area contributed by atoms with Crippen molar-refractivity contribution < 1.29 is 23.9 Å². The van der Waals surface area contributed by atoms with Crippen molar-refractivity contribution in [1.29, 1.82) is 0 Å². The van der Waals surface area contributed by atoms with Crippen molar-refractivity contribution >= 4 is 17.7 Å². The predicted molar refractivity (Wildman–Crippen MR) is 112 cm³/mol. The van der Waals surface area contributed by atoms with Gasteiger partial charge in [-0.15, -0.1) is 0 Å². The standard InChI is InChI=1S/C22H19N3O6/c1-29-19-6-3-15(12-17(19)14-24-9-8-22(23-24)25(27)28)2-5-18(26)16-4-7-20-21(13-16)31-11-10-30-20/h2-9,12-13H,10-11,14H2,1H3/b5-2+. The van der Waals surface area contributed by atoms with E-state index < -0.39 is 4.92 Å². The zero-order valence-electron chi connectivity index (χ0n) is 16.7. The van der Waals surface area contributed by atoms with E-state index in [2.05, 4.69) is 5.10 Å². The molecule has 0 N–H and O–H groups in total. The molecule has 0 aliphatic carbocycles. The maximum Gasteiger partial charge on any atom is 0.389 e. The van der Waals surface area contributed by atoms with Gasteiger partial charge in [0.15, 0.2) is 17.3 Å². The summed E-state index contributed by atoms with van der Waals surface area (Å²) < 4.78 is 17.8. The monoisotopic (exact) mass is 421 g/mol. The molecule has 0 bridgehead atoms. The Balaban J connectivity index is 1.52. The van der Waals surface area contributed by atoms with Crippen LogP contribution in [-0.2, 0) is 6.54 Å². The molecule has 0 amide bonds. The van der Waals surface area contributed by atoms with Crippen LogP contribution in [0.4, 0.5) is 5.82 Å². The Morgan fingerprint density at radius 3 is 2.74 bits per heavy atom. The summed E-state index contributed by atoms with van der Waals surface area (Å²) in [4.78, 5) is 22.9. The normalized spacial score (nSPS) is 12.7. The molecule has 0 radical (unpaired) electrons. The number of ketones is 1. The molecule has 9 nitrogen and oxygen atoms in total. The third-order valence-electron chi connectivity index (χ3n) is 4.70. The third-order valence-corrected chi connectivity index (χ3v) is 4.70.